The molecular formula is C14H28N4. The summed E-state index contributed by atoms with van der Waals surface area (Å²) in [4.78, 5) is 4.86. The molecule has 0 spiro atoms. The quantitative estimate of drug-likeness (QED) is 0.801. The maximum atomic E-state index is 9.38. The van der Waals surface area contributed by atoms with Crippen LogP contribution in [-0.2, 0) is 0 Å². The van der Waals surface area contributed by atoms with E-state index in [9.17, 15) is 5.26 Å². The Balaban J connectivity index is 2.52. The van der Waals surface area contributed by atoms with E-state index >= 15 is 0 Å². The summed E-state index contributed by atoms with van der Waals surface area (Å²) in [6.07, 6.45) is 0.880. The summed E-state index contributed by atoms with van der Waals surface area (Å²) in [5.74, 6) is 0. The lowest BCUT2D eigenvalue weighted by molar-refractivity contribution is 0.103. The van der Waals surface area contributed by atoms with E-state index in [-0.39, 0.29) is 0 Å². The van der Waals surface area contributed by atoms with Gasteiger partial charge in [0.2, 0.25) is 0 Å². The molecule has 0 saturated carbocycles. The monoisotopic (exact) mass is 252 g/mol. The summed E-state index contributed by atoms with van der Waals surface area (Å²) in [5.41, 5.74) is -0.420. The van der Waals surface area contributed by atoms with Gasteiger partial charge >= 0.3 is 0 Å². The molecule has 1 fully saturated rings. The summed E-state index contributed by atoms with van der Waals surface area (Å²) >= 11 is 0. The molecule has 4 heteroatoms. The van der Waals surface area contributed by atoms with Crippen molar-refractivity contribution in [2.24, 2.45) is 0 Å². The molecule has 0 amide bonds. The van der Waals surface area contributed by atoms with E-state index in [4.69, 9.17) is 0 Å². The predicted molar refractivity (Wildman–Crippen MR) is 75.4 cm³/mol. The Morgan fingerprint density at radius 1 is 1.22 bits per heavy atom. The number of nitriles is 1. The minimum atomic E-state index is -0.420. The molecular weight excluding hydrogens is 224 g/mol. The van der Waals surface area contributed by atoms with Crippen molar-refractivity contribution in [3.63, 3.8) is 0 Å². The van der Waals surface area contributed by atoms with Gasteiger partial charge in [-0.05, 0) is 41.2 Å². The van der Waals surface area contributed by atoms with Crippen LogP contribution in [0.4, 0.5) is 0 Å². The van der Waals surface area contributed by atoms with Crippen LogP contribution in [0.15, 0.2) is 0 Å². The summed E-state index contributed by atoms with van der Waals surface area (Å²) in [5, 5.41) is 12.8. The molecule has 1 aliphatic heterocycles. The van der Waals surface area contributed by atoms with Crippen molar-refractivity contribution in [2.45, 2.75) is 51.7 Å². The predicted octanol–water partition coefficient (Wildman–Crippen LogP) is 1.29. The van der Waals surface area contributed by atoms with Gasteiger partial charge in [-0.25, -0.2) is 0 Å². The minimum Gasteiger partial charge on any atom is -0.304 e. The molecule has 0 aliphatic carbocycles. The third-order valence-electron chi connectivity index (χ3n) is 3.72. The summed E-state index contributed by atoms with van der Waals surface area (Å²) < 4.78 is 0. The fraction of sp³-hybridized carbons (Fsp3) is 0.929. The topological polar surface area (TPSA) is 42.3 Å². The van der Waals surface area contributed by atoms with E-state index in [1.54, 1.807) is 0 Å². The fourth-order valence-electron chi connectivity index (χ4n) is 2.76. The maximum absolute atomic E-state index is 9.38. The average molecular weight is 252 g/mol. The summed E-state index contributed by atoms with van der Waals surface area (Å²) in [6, 6.07) is 3.24. The molecule has 2 unspecified atom stereocenters. The Morgan fingerprint density at radius 3 is 2.22 bits per heavy atom. The lowest BCUT2D eigenvalue weighted by atomic mass is 9.93. The number of rotatable bonds is 5. The standard InChI is InChI=1S/C14H28N4/c1-12(2)16-14(4,11-15)10-13(3)18-8-6-17(5)7-9-18/h12-13,16H,6-10H2,1-5H3. The van der Waals surface area contributed by atoms with Crippen LogP contribution < -0.4 is 5.32 Å². The molecule has 1 N–H and O–H groups in total. The van der Waals surface area contributed by atoms with Gasteiger partial charge in [0, 0.05) is 38.3 Å². The lowest BCUT2D eigenvalue weighted by Gasteiger charge is -2.39. The highest BCUT2D eigenvalue weighted by Gasteiger charge is 2.30. The zero-order valence-electron chi connectivity index (χ0n) is 12.5. The van der Waals surface area contributed by atoms with Gasteiger partial charge in [0.1, 0.15) is 5.54 Å². The Kier molecular flexibility index (Phi) is 5.58. The van der Waals surface area contributed by atoms with E-state index in [0.29, 0.717) is 12.1 Å². The molecule has 1 heterocycles. The van der Waals surface area contributed by atoms with Crippen molar-refractivity contribution in [1.29, 1.82) is 5.26 Å². The molecule has 0 radical (unpaired) electrons. The smallest absolute Gasteiger partial charge is 0.105 e. The number of hydrogen-bond donors (Lipinski definition) is 1. The molecule has 0 aromatic rings. The summed E-state index contributed by atoms with van der Waals surface area (Å²) in [6.45, 7) is 12.9. The van der Waals surface area contributed by atoms with Crippen LogP contribution >= 0.6 is 0 Å². The van der Waals surface area contributed by atoms with Gasteiger partial charge in [-0.3, -0.25) is 10.2 Å². The molecule has 1 saturated heterocycles. The Bertz CT molecular complexity index is 289. The van der Waals surface area contributed by atoms with E-state index < -0.39 is 5.54 Å². The third-order valence-corrected chi connectivity index (χ3v) is 3.72. The molecule has 0 aromatic carbocycles. The number of piperazine rings is 1. The Labute approximate surface area is 112 Å². The normalized spacial score (nSPS) is 23.6. The Hall–Kier alpha value is -0.630. The highest BCUT2D eigenvalue weighted by atomic mass is 15.3. The van der Waals surface area contributed by atoms with Gasteiger partial charge in [0.25, 0.3) is 0 Å². The molecule has 2 atom stereocenters. The van der Waals surface area contributed by atoms with Crippen LogP contribution in [0.3, 0.4) is 0 Å². The molecule has 104 valence electrons. The second kappa shape index (κ2) is 6.51. The molecule has 0 bridgehead atoms. The van der Waals surface area contributed by atoms with Crippen LogP contribution in [0.5, 0.6) is 0 Å². The van der Waals surface area contributed by atoms with Gasteiger partial charge in [-0.15, -0.1) is 0 Å². The second-order valence-corrected chi connectivity index (χ2v) is 6.14. The van der Waals surface area contributed by atoms with Crippen LogP contribution in [0, 0.1) is 11.3 Å². The van der Waals surface area contributed by atoms with Crippen molar-refractivity contribution in [1.82, 2.24) is 15.1 Å². The van der Waals surface area contributed by atoms with Gasteiger partial charge < -0.3 is 4.90 Å². The molecule has 18 heavy (non-hydrogen) atoms. The zero-order valence-corrected chi connectivity index (χ0v) is 12.5. The third kappa shape index (κ3) is 4.56. The lowest BCUT2D eigenvalue weighted by Crippen LogP contribution is -2.53. The van der Waals surface area contributed by atoms with Crippen molar-refractivity contribution in [3.8, 4) is 6.07 Å². The van der Waals surface area contributed by atoms with Crippen molar-refractivity contribution < 1.29 is 0 Å². The van der Waals surface area contributed by atoms with Crippen molar-refractivity contribution in [2.75, 3.05) is 33.2 Å². The van der Waals surface area contributed by atoms with Gasteiger partial charge in [-0.1, -0.05) is 0 Å². The molecule has 4 nitrogen and oxygen atoms in total. The summed E-state index contributed by atoms with van der Waals surface area (Å²) in [7, 11) is 2.17. The molecule has 1 aliphatic rings. The largest absolute Gasteiger partial charge is 0.304 e. The average Bonchev–Trinajstić information content (AvgIpc) is 2.28. The van der Waals surface area contributed by atoms with Crippen LogP contribution in [0.1, 0.15) is 34.1 Å². The maximum Gasteiger partial charge on any atom is 0.105 e. The Morgan fingerprint density at radius 2 is 1.78 bits per heavy atom. The van der Waals surface area contributed by atoms with Crippen molar-refractivity contribution in [3.05, 3.63) is 0 Å². The number of hydrogen-bond acceptors (Lipinski definition) is 4. The highest BCUT2D eigenvalue weighted by Crippen LogP contribution is 2.17. The first-order chi connectivity index (χ1) is 8.36. The second-order valence-electron chi connectivity index (χ2n) is 6.14. The first-order valence-electron chi connectivity index (χ1n) is 6.98. The fourth-order valence-corrected chi connectivity index (χ4v) is 2.76. The number of nitrogens with one attached hydrogen (secondary N) is 1. The minimum absolute atomic E-state index is 0.342. The van der Waals surface area contributed by atoms with Gasteiger partial charge in [0.15, 0.2) is 0 Å². The van der Waals surface area contributed by atoms with Crippen LogP contribution in [0.2, 0.25) is 0 Å². The van der Waals surface area contributed by atoms with Crippen molar-refractivity contribution >= 4 is 0 Å². The highest BCUT2D eigenvalue weighted by molar-refractivity contribution is 5.06. The van der Waals surface area contributed by atoms with E-state index in [1.165, 1.54) is 0 Å². The van der Waals surface area contributed by atoms with E-state index in [2.05, 4.69) is 49.0 Å². The first-order valence-corrected chi connectivity index (χ1v) is 6.98. The zero-order chi connectivity index (χ0) is 13.8. The van der Waals surface area contributed by atoms with E-state index in [0.717, 1.165) is 32.6 Å². The van der Waals surface area contributed by atoms with Crippen LogP contribution in [0.25, 0.3) is 0 Å². The van der Waals surface area contributed by atoms with E-state index in [1.807, 2.05) is 6.92 Å². The molecule has 0 aromatic heterocycles. The SMILES string of the molecule is CC(C)NC(C)(C#N)CC(C)N1CCN(C)CC1. The van der Waals surface area contributed by atoms with Gasteiger partial charge in [0.05, 0.1) is 6.07 Å². The van der Waals surface area contributed by atoms with Gasteiger partial charge in [-0.2, -0.15) is 5.26 Å². The first kappa shape index (κ1) is 15.4. The number of likely N-dealkylation sites (N-methyl/N-ethyl adjacent to an activating group) is 1. The molecule has 1 rings (SSSR count). The van der Waals surface area contributed by atoms with Crippen LogP contribution in [-0.4, -0.2) is 60.6 Å². The number of nitrogens with zero attached hydrogens (tertiary/aromatic N) is 3.